The molecular formula is C21H16FN3O4. The molecule has 0 saturated carbocycles. The van der Waals surface area contributed by atoms with Crippen molar-refractivity contribution in [3.8, 4) is 11.5 Å². The second kappa shape index (κ2) is 7.97. The van der Waals surface area contributed by atoms with E-state index in [2.05, 4.69) is 15.6 Å². The van der Waals surface area contributed by atoms with Gasteiger partial charge in [0.15, 0.2) is 11.5 Å². The van der Waals surface area contributed by atoms with Crippen LogP contribution in [0.5, 0.6) is 11.5 Å². The van der Waals surface area contributed by atoms with Crippen LogP contribution in [0.1, 0.15) is 21.0 Å². The van der Waals surface area contributed by atoms with E-state index in [0.717, 1.165) is 0 Å². The third-order valence-corrected chi connectivity index (χ3v) is 4.10. The van der Waals surface area contributed by atoms with Crippen LogP contribution >= 0.6 is 0 Å². The summed E-state index contributed by atoms with van der Waals surface area (Å²) in [6.45, 7) is 0.918. The number of ether oxygens (including phenoxy) is 2. The van der Waals surface area contributed by atoms with Crippen molar-refractivity contribution in [1.29, 1.82) is 0 Å². The van der Waals surface area contributed by atoms with Gasteiger partial charge in [-0.3, -0.25) is 9.59 Å². The van der Waals surface area contributed by atoms with Gasteiger partial charge in [0.1, 0.15) is 30.4 Å². The highest BCUT2D eigenvalue weighted by atomic mass is 19.1. The van der Waals surface area contributed by atoms with E-state index >= 15 is 0 Å². The molecule has 0 aliphatic carbocycles. The fourth-order valence-corrected chi connectivity index (χ4v) is 2.77. The number of carbonyl (C=O) groups is 2. The van der Waals surface area contributed by atoms with Gasteiger partial charge >= 0.3 is 0 Å². The molecule has 1 aromatic heterocycles. The molecule has 4 rings (SSSR count). The van der Waals surface area contributed by atoms with Crippen LogP contribution in [0.3, 0.4) is 0 Å². The Balaban J connectivity index is 1.47. The summed E-state index contributed by atoms with van der Waals surface area (Å²) in [5.74, 6) is -0.344. The van der Waals surface area contributed by atoms with Crippen LogP contribution in [0.2, 0.25) is 0 Å². The lowest BCUT2D eigenvalue weighted by Gasteiger charge is -2.19. The first kappa shape index (κ1) is 18.4. The van der Waals surface area contributed by atoms with Gasteiger partial charge in [-0.1, -0.05) is 12.1 Å². The van der Waals surface area contributed by atoms with E-state index in [1.807, 2.05) is 0 Å². The van der Waals surface area contributed by atoms with E-state index in [1.54, 1.807) is 30.3 Å². The van der Waals surface area contributed by atoms with E-state index in [4.69, 9.17) is 9.47 Å². The summed E-state index contributed by atoms with van der Waals surface area (Å²) in [5, 5.41) is 5.26. The Morgan fingerprint density at radius 3 is 2.10 bits per heavy atom. The quantitative estimate of drug-likeness (QED) is 0.708. The van der Waals surface area contributed by atoms with Gasteiger partial charge in [0.05, 0.1) is 0 Å². The molecule has 8 heteroatoms. The summed E-state index contributed by atoms with van der Waals surface area (Å²) < 4.78 is 24.2. The minimum atomic E-state index is -0.551. The van der Waals surface area contributed by atoms with Gasteiger partial charge in [-0.2, -0.15) is 0 Å². The highest BCUT2D eigenvalue weighted by Crippen LogP contribution is 2.32. The fraction of sp³-hybridized carbons (Fsp3) is 0.0952. The first-order valence-corrected chi connectivity index (χ1v) is 8.83. The van der Waals surface area contributed by atoms with Gasteiger partial charge in [0, 0.05) is 17.4 Å². The van der Waals surface area contributed by atoms with Crippen LogP contribution in [0.4, 0.5) is 15.8 Å². The number of anilines is 2. The van der Waals surface area contributed by atoms with Crippen molar-refractivity contribution in [3.63, 3.8) is 0 Å². The Bertz CT molecular complexity index is 1090. The van der Waals surface area contributed by atoms with Crippen LogP contribution in [-0.2, 0) is 0 Å². The Labute approximate surface area is 165 Å². The van der Waals surface area contributed by atoms with Crippen molar-refractivity contribution in [2.45, 2.75) is 0 Å². The minimum Gasteiger partial charge on any atom is -0.486 e. The molecule has 2 amide bonds. The summed E-state index contributed by atoms with van der Waals surface area (Å²) >= 11 is 0. The molecule has 2 heterocycles. The van der Waals surface area contributed by atoms with Gasteiger partial charge in [0.25, 0.3) is 11.8 Å². The third kappa shape index (κ3) is 4.32. The van der Waals surface area contributed by atoms with Crippen molar-refractivity contribution in [2.24, 2.45) is 0 Å². The van der Waals surface area contributed by atoms with Crippen LogP contribution in [-0.4, -0.2) is 30.0 Å². The number of carbonyl (C=O) groups excluding carboxylic acids is 2. The predicted octanol–water partition coefficient (Wildman–Crippen LogP) is 3.50. The molecule has 29 heavy (non-hydrogen) atoms. The summed E-state index contributed by atoms with van der Waals surface area (Å²) in [5.41, 5.74) is 0.898. The van der Waals surface area contributed by atoms with Crippen molar-refractivity contribution in [1.82, 2.24) is 4.98 Å². The molecule has 0 radical (unpaired) electrons. The number of benzene rings is 2. The second-order valence-corrected chi connectivity index (χ2v) is 6.19. The molecule has 0 bridgehead atoms. The first-order chi connectivity index (χ1) is 14.1. The molecule has 1 aliphatic rings. The number of pyridine rings is 1. The maximum atomic E-state index is 13.3. The minimum absolute atomic E-state index is 0.0316. The molecule has 0 fully saturated rings. The monoisotopic (exact) mass is 393 g/mol. The number of fused-ring (bicyclic) bond motifs is 1. The van der Waals surface area contributed by atoms with Gasteiger partial charge in [-0.05, 0) is 42.5 Å². The smallest absolute Gasteiger partial charge is 0.274 e. The topological polar surface area (TPSA) is 89.6 Å². The Morgan fingerprint density at radius 1 is 0.793 bits per heavy atom. The van der Waals surface area contributed by atoms with E-state index < -0.39 is 17.6 Å². The summed E-state index contributed by atoms with van der Waals surface area (Å²) in [6.07, 6.45) is 0. The number of hydrogen-bond acceptors (Lipinski definition) is 5. The molecule has 3 aromatic rings. The number of nitrogens with zero attached hydrogens (tertiary/aromatic N) is 1. The Morgan fingerprint density at radius 2 is 1.41 bits per heavy atom. The molecule has 0 atom stereocenters. The van der Waals surface area contributed by atoms with E-state index in [9.17, 15) is 14.0 Å². The number of nitrogens with one attached hydrogen (secondary N) is 2. The Kier molecular flexibility index (Phi) is 5.07. The van der Waals surface area contributed by atoms with Gasteiger partial charge in [-0.25, -0.2) is 9.37 Å². The maximum Gasteiger partial charge on any atom is 0.274 e. The SMILES string of the molecule is O=C(Nc1cccc(F)c1)c1cccc(C(=O)Nc2ccc3c(c2)OCCO3)n1. The van der Waals surface area contributed by atoms with Crippen molar-refractivity contribution < 1.29 is 23.5 Å². The Hall–Kier alpha value is -3.94. The molecule has 0 unspecified atom stereocenters. The number of rotatable bonds is 4. The maximum absolute atomic E-state index is 13.3. The molecule has 1 aliphatic heterocycles. The molecule has 0 spiro atoms. The number of aromatic nitrogens is 1. The average molecular weight is 393 g/mol. The standard InChI is InChI=1S/C21H16FN3O4/c22-13-3-1-4-14(11-13)23-20(26)16-5-2-6-17(25-16)21(27)24-15-7-8-18-19(12-15)29-10-9-28-18/h1-8,11-12H,9-10H2,(H,23,26)(H,24,27). The average Bonchev–Trinajstić information content (AvgIpc) is 2.74. The zero-order valence-electron chi connectivity index (χ0n) is 15.1. The fourth-order valence-electron chi connectivity index (χ4n) is 2.77. The van der Waals surface area contributed by atoms with Crippen LogP contribution in [0.25, 0.3) is 0 Å². The molecule has 2 aromatic carbocycles. The van der Waals surface area contributed by atoms with E-state index in [-0.39, 0.29) is 11.4 Å². The lowest BCUT2D eigenvalue weighted by Crippen LogP contribution is -2.19. The van der Waals surface area contributed by atoms with Crippen LogP contribution < -0.4 is 20.1 Å². The zero-order chi connectivity index (χ0) is 20.2. The number of hydrogen-bond donors (Lipinski definition) is 2. The lowest BCUT2D eigenvalue weighted by atomic mass is 10.2. The van der Waals surface area contributed by atoms with Crippen LogP contribution in [0.15, 0.2) is 60.7 Å². The largest absolute Gasteiger partial charge is 0.486 e. The first-order valence-electron chi connectivity index (χ1n) is 8.83. The number of amides is 2. The van der Waals surface area contributed by atoms with Gasteiger partial charge in [0.2, 0.25) is 0 Å². The van der Waals surface area contributed by atoms with Crippen molar-refractivity contribution >= 4 is 23.2 Å². The lowest BCUT2D eigenvalue weighted by molar-refractivity contribution is 0.101. The summed E-state index contributed by atoms with van der Waals surface area (Å²) in [7, 11) is 0. The summed E-state index contributed by atoms with van der Waals surface area (Å²) in [6, 6.07) is 15.1. The molecule has 7 nitrogen and oxygen atoms in total. The highest BCUT2D eigenvalue weighted by Gasteiger charge is 2.16. The van der Waals surface area contributed by atoms with Gasteiger partial charge < -0.3 is 20.1 Å². The molecular weight excluding hydrogens is 377 g/mol. The predicted molar refractivity (Wildman–Crippen MR) is 104 cm³/mol. The summed E-state index contributed by atoms with van der Waals surface area (Å²) in [4.78, 5) is 29.0. The molecule has 0 saturated heterocycles. The van der Waals surface area contributed by atoms with E-state index in [0.29, 0.717) is 36.1 Å². The zero-order valence-corrected chi connectivity index (χ0v) is 15.1. The van der Waals surface area contributed by atoms with E-state index in [1.165, 1.54) is 30.3 Å². The van der Waals surface area contributed by atoms with Crippen molar-refractivity contribution in [3.05, 3.63) is 77.9 Å². The van der Waals surface area contributed by atoms with Gasteiger partial charge in [-0.15, -0.1) is 0 Å². The molecule has 146 valence electrons. The number of halogens is 1. The third-order valence-electron chi connectivity index (χ3n) is 4.10. The normalized spacial score (nSPS) is 12.2. The molecule has 2 N–H and O–H groups in total. The second-order valence-electron chi connectivity index (χ2n) is 6.19. The van der Waals surface area contributed by atoms with Crippen molar-refractivity contribution in [2.75, 3.05) is 23.8 Å². The highest BCUT2D eigenvalue weighted by molar-refractivity contribution is 6.06. The van der Waals surface area contributed by atoms with Crippen LogP contribution in [0, 0.1) is 5.82 Å².